The largest absolute Gasteiger partial charge is 0.478 e. The molecule has 3 nitrogen and oxygen atoms in total. The van der Waals surface area contributed by atoms with Crippen LogP contribution in [0.2, 0.25) is 15.1 Å². The predicted molar refractivity (Wildman–Crippen MR) is 78.1 cm³/mol. The number of carboxylic acid groups (broad SMARTS) is 1. The maximum Gasteiger partial charge on any atom is 0.337 e. The summed E-state index contributed by atoms with van der Waals surface area (Å²) < 4.78 is 13.3. The van der Waals surface area contributed by atoms with E-state index < -0.39 is 11.8 Å². The summed E-state index contributed by atoms with van der Waals surface area (Å²) in [5.41, 5.74) is 0.640. The molecule has 0 heterocycles. The Morgan fingerprint density at radius 2 is 1.70 bits per heavy atom. The van der Waals surface area contributed by atoms with Gasteiger partial charge in [-0.3, -0.25) is 0 Å². The van der Waals surface area contributed by atoms with E-state index in [1.54, 1.807) is 0 Å². The lowest BCUT2D eigenvalue weighted by molar-refractivity contribution is 0.0698. The topological polar surface area (TPSA) is 49.3 Å². The fourth-order valence-electron chi connectivity index (χ4n) is 1.59. The van der Waals surface area contributed by atoms with Crippen LogP contribution in [0.5, 0.6) is 0 Å². The molecular weight excluding hydrogens is 328 g/mol. The van der Waals surface area contributed by atoms with Crippen LogP contribution < -0.4 is 5.32 Å². The number of carbonyl (C=O) groups is 1. The molecule has 0 saturated carbocycles. The minimum absolute atomic E-state index is 0.0194. The van der Waals surface area contributed by atoms with Crippen molar-refractivity contribution in [2.45, 2.75) is 0 Å². The lowest BCUT2D eigenvalue weighted by Crippen LogP contribution is -2.03. The summed E-state index contributed by atoms with van der Waals surface area (Å²) >= 11 is 17.1. The van der Waals surface area contributed by atoms with Gasteiger partial charge in [-0.25, -0.2) is 9.18 Å². The van der Waals surface area contributed by atoms with Crippen molar-refractivity contribution in [3.8, 4) is 0 Å². The highest BCUT2D eigenvalue weighted by Crippen LogP contribution is 2.30. The van der Waals surface area contributed by atoms with Gasteiger partial charge in [-0.05, 0) is 30.3 Å². The van der Waals surface area contributed by atoms with Gasteiger partial charge in [-0.1, -0.05) is 34.8 Å². The Balaban J connectivity index is 2.42. The first-order chi connectivity index (χ1) is 9.38. The van der Waals surface area contributed by atoms with Gasteiger partial charge in [0.05, 0.1) is 21.3 Å². The Hall–Kier alpha value is -1.49. The van der Waals surface area contributed by atoms with E-state index in [0.717, 1.165) is 0 Å². The van der Waals surface area contributed by atoms with Crippen molar-refractivity contribution in [1.29, 1.82) is 0 Å². The quantitative estimate of drug-likeness (QED) is 0.756. The molecule has 20 heavy (non-hydrogen) atoms. The van der Waals surface area contributed by atoms with Gasteiger partial charge in [0.15, 0.2) is 5.82 Å². The summed E-state index contributed by atoms with van der Waals surface area (Å²) in [7, 11) is 0. The zero-order valence-corrected chi connectivity index (χ0v) is 12.0. The number of anilines is 2. The third-order valence-corrected chi connectivity index (χ3v) is 3.26. The van der Waals surface area contributed by atoms with Crippen LogP contribution in [0.4, 0.5) is 15.8 Å². The monoisotopic (exact) mass is 333 g/mol. The van der Waals surface area contributed by atoms with E-state index in [0.29, 0.717) is 16.4 Å². The number of carboxylic acids is 1. The molecule has 0 unspecified atom stereocenters. The third kappa shape index (κ3) is 3.15. The van der Waals surface area contributed by atoms with E-state index in [4.69, 9.17) is 39.9 Å². The first-order valence-corrected chi connectivity index (χ1v) is 6.46. The maximum atomic E-state index is 13.3. The molecule has 0 atom stereocenters. The summed E-state index contributed by atoms with van der Waals surface area (Å²) in [6.45, 7) is 0. The molecule has 0 saturated heterocycles. The summed E-state index contributed by atoms with van der Waals surface area (Å²) in [6.07, 6.45) is 0. The Morgan fingerprint density at radius 3 is 2.25 bits per heavy atom. The van der Waals surface area contributed by atoms with Crippen molar-refractivity contribution in [2.75, 3.05) is 5.32 Å². The second-order valence-electron chi connectivity index (χ2n) is 3.87. The lowest BCUT2D eigenvalue weighted by Gasteiger charge is -2.11. The molecule has 0 radical (unpaired) electrons. The first kappa shape index (κ1) is 14.9. The van der Waals surface area contributed by atoms with Gasteiger partial charge < -0.3 is 10.4 Å². The number of aromatic carboxylic acids is 1. The van der Waals surface area contributed by atoms with Crippen molar-refractivity contribution in [2.24, 2.45) is 0 Å². The molecular formula is C13H7Cl3FNO2. The molecule has 0 bridgehead atoms. The molecule has 0 fully saturated rings. The number of rotatable bonds is 3. The number of benzene rings is 2. The molecule has 104 valence electrons. The Kier molecular flexibility index (Phi) is 4.38. The van der Waals surface area contributed by atoms with Crippen LogP contribution in [-0.2, 0) is 0 Å². The number of nitrogens with one attached hydrogen (secondary N) is 1. The van der Waals surface area contributed by atoms with Crippen molar-refractivity contribution in [1.82, 2.24) is 0 Å². The van der Waals surface area contributed by atoms with E-state index in [1.165, 1.54) is 30.3 Å². The standard InChI is InChI=1S/C13H7Cl3FNO2/c14-6-1-2-11(8(3-6)13(19)20)18-7-4-9(15)12(17)10(16)5-7/h1-5,18H,(H,19,20). The molecule has 0 aliphatic rings. The van der Waals surface area contributed by atoms with Gasteiger partial charge in [0, 0.05) is 10.7 Å². The van der Waals surface area contributed by atoms with Gasteiger partial charge in [0.1, 0.15) is 0 Å². The summed E-state index contributed by atoms with van der Waals surface area (Å²) in [4.78, 5) is 11.1. The van der Waals surface area contributed by atoms with Gasteiger partial charge in [-0.2, -0.15) is 0 Å². The van der Waals surface area contributed by atoms with Crippen molar-refractivity contribution < 1.29 is 14.3 Å². The zero-order chi connectivity index (χ0) is 14.9. The fraction of sp³-hybridized carbons (Fsp3) is 0. The van der Waals surface area contributed by atoms with Crippen LogP contribution in [0.25, 0.3) is 0 Å². The average molecular weight is 335 g/mol. The molecule has 0 spiro atoms. The van der Waals surface area contributed by atoms with E-state index in [9.17, 15) is 9.18 Å². The molecule has 0 amide bonds. The third-order valence-electron chi connectivity index (χ3n) is 2.47. The van der Waals surface area contributed by atoms with E-state index in [-0.39, 0.29) is 15.6 Å². The number of halogens is 4. The second kappa shape index (κ2) is 5.87. The molecule has 2 aromatic rings. The molecule has 2 N–H and O–H groups in total. The summed E-state index contributed by atoms with van der Waals surface area (Å²) in [5.74, 6) is -1.87. The van der Waals surface area contributed by atoms with Gasteiger partial charge in [-0.15, -0.1) is 0 Å². The van der Waals surface area contributed by atoms with Crippen LogP contribution in [0, 0.1) is 5.82 Å². The Labute approximate surface area is 128 Å². The minimum atomic E-state index is -1.14. The van der Waals surface area contributed by atoms with Gasteiger partial charge >= 0.3 is 5.97 Å². The van der Waals surface area contributed by atoms with Gasteiger partial charge in [0.2, 0.25) is 0 Å². The Bertz CT molecular complexity index is 668. The van der Waals surface area contributed by atoms with E-state index in [1.807, 2.05) is 0 Å². The van der Waals surface area contributed by atoms with Crippen LogP contribution in [0.1, 0.15) is 10.4 Å². The summed E-state index contributed by atoms with van der Waals surface area (Å²) in [5, 5.41) is 11.9. The molecule has 7 heteroatoms. The smallest absolute Gasteiger partial charge is 0.337 e. The average Bonchev–Trinajstić information content (AvgIpc) is 2.37. The molecule has 2 rings (SSSR count). The van der Waals surface area contributed by atoms with Crippen LogP contribution in [0.3, 0.4) is 0 Å². The van der Waals surface area contributed by atoms with E-state index >= 15 is 0 Å². The maximum absolute atomic E-state index is 13.3. The Morgan fingerprint density at radius 1 is 1.10 bits per heavy atom. The number of hydrogen-bond donors (Lipinski definition) is 2. The van der Waals surface area contributed by atoms with E-state index in [2.05, 4.69) is 5.32 Å². The molecule has 0 aliphatic heterocycles. The van der Waals surface area contributed by atoms with Gasteiger partial charge in [0.25, 0.3) is 0 Å². The van der Waals surface area contributed by atoms with Crippen LogP contribution in [0.15, 0.2) is 30.3 Å². The number of hydrogen-bond acceptors (Lipinski definition) is 2. The van der Waals surface area contributed by atoms with Crippen LogP contribution in [-0.4, -0.2) is 11.1 Å². The zero-order valence-electron chi connectivity index (χ0n) is 9.75. The SMILES string of the molecule is O=C(O)c1cc(Cl)ccc1Nc1cc(Cl)c(F)c(Cl)c1. The van der Waals surface area contributed by atoms with Crippen molar-refractivity contribution >= 4 is 52.1 Å². The van der Waals surface area contributed by atoms with Crippen molar-refractivity contribution in [3.05, 3.63) is 56.8 Å². The summed E-state index contributed by atoms with van der Waals surface area (Å²) in [6, 6.07) is 6.95. The van der Waals surface area contributed by atoms with Crippen molar-refractivity contribution in [3.63, 3.8) is 0 Å². The van der Waals surface area contributed by atoms with Crippen LogP contribution >= 0.6 is 34.8 Å². The minimum Gasteiger partial charge on any atom is -0.478 e. The first-order valence-electron chi connectivity index (χ1n) is 5.33. The molecule has 0 aliphatic carbocycles. The lowest BCUT2D eigenvalue weighted by atomic mass is 10.1. The highest BCUT2D eigenvalue weighted by atomic mass is 35.5. The molecule has 2 aromatic carbocycles. The fourth-order valence-corrected chi connectivity index (χ4v) is 2.24. The predicted octanol–water partition coefficient (Wildman–Crippen LogP) is 5.23. The highest BCUT2D eigenvalue weighted by Gasteiger charge is 2.13. The molecule has 0 aromatic heterocycles. The second-order valence-corrected chi connectivity index (χ2v) is 5.12. The normalized spacial score (nSPS) is 10.4. The highest BCUT2D eigenvalue weighted by molar-refractivity contribution is 6.35.